The highest BCUT2D eigenvalue weighted by Gasteiger charge is 2.12. The third-order valence-electron chi connectivity index (χ3n) is 4.02. The molecule has 0 radical (unpaired) electrons. The Hall–Kier alpha value is -3.08. The van der Waals surface area contributed by atoms with Crippen molar-refractivity contribution in [2.75, 3.05) is 5.73 Å². The Balaban J connectivity index is 1.90. The molecule has 3 aromatic rings. The molecular weight excluding hydrogens is 306 g/mol. The molecule has 0 amide bonds. The maximum absolute atomic E-state index is 12.1. The maximum atomic E-state index is 12.1. The summed E-state index contributed by atoms with van der Waals surface area (Å²) in [6.45, 7) is 3.83. The Bertz CT molecular complexity index is 971. The van der Waals surface area contributed by atoms with E-state index < -0.39 is 11.6 Å². The molecule has 2 N–H and O–H groups in total. The summed E-state index contributed by atoms with van der Waals surface area (Å²) in [5.41, 5.74) is 9.19. The van der Waals surface area contributed by atoms with Gasteiger partial charge in [0.2, 0.25) is 0 Å². The van der Waals surface area contributed by atoms with Gasteiger partial charge in [-0.05, 0) is 49.2 Å². The number of anilines is 1. The second-order valence-corrected chi connectivity index (χ2v) is 5.67. The molecule has 122 valence electrons. The average molecular weight is 323 g/mol. The van der Waals surface area contributed by atoms with Crippen LogP contribution in [0.2, 0.25) is 0 Å². The van der Waals surface area contributed by atoms with Crippen LogP contribution < -0.4 is 11.4 Å². The summed E-state index contributed by atoms with van der Waals surface area (Å²) >= 11 is 0. The molecule has 24 heavy (non-hydrogen) atoms. The molecular formula is C19H17NO4. The third kappa shape index (κ3) is 3.01. The Kier molecular flexibility index (Phi) is 4.08. The first-order chi connectivity index (χ1) is 11.5. The first-order valence-corrected chi connectivity index (χ1v) is 7.51. The molecule has 0 aliphatic rings. The maximum Gasteiger partial charge on any atom is 0.338 e. The molecule has 0 saturated carbocycles. The Morgan fingerprint density at radius 2 is 1.83 bits per heavy atom. The van der Waals surface area contributed by atoms with E-state index in [0.717, 1.165) is 16.5 Å². The molecule has 5 nitrogen and oxygen atoms in total. The summed E-state index contributed by atoms with van der Waals surface area (Å²) in [6, 6.07) is 11.6. The first-order valence-electron chi connectivity index (χ1n) is 7.51. The standard InChI is InChI=1S/C19H17NO4/c1-11-3-8-16-14(9-17(21)24-18(16)12(11)2)10-23-19(22)13-4-6-15(20)7-5-13/h3-9H,10,20H2,1-2H3. The topological polar surface area (TPSA) is 82.5 Å². The highest BCUT2D eigenvalue weighted by molar-refractivity contribution is 5.90. The zero-order chi connectivity index (χ0) is 17.3. The Labute approximate surface area is 138 Å². The van der Waals surface area contributed by atoms with Gasteiger partial charge in [0, 0.05) is 22.7 Å². The fraction of sp³-hybridized carbons (Fsp3) is 0.158. The molecule has 2 aromatic carbocycles. The number of esters is 1. The van der Waals surface area contributed by atoms with Crippen LogP contribution in [0.25, 0.3) is 11.0 Å². The van der Waals surface area contributed by atoms with E-state index in [1.807, 2.05) is 26.0 Å². The molecule has 3 rings (SSSR count). The predicted molar refractivity (Wildman–Crippen MR) is 91.9 cm³/mol. The van der Waals surface area contributed by atoms with Crippen molar-refractivity contribution in [3.8, 4) is 0 Å². The van der Waals surface area contributed by atoms with Crippen molar-refractivity contribution >= 4 is 22.6 Å². The molecule has 5 heteroatoms. The number of ether oxygens (including phenoxy) is 1. The lowest BCUT2D eigenvalue weighted by atomic mass is 10.0. The van der Waals surface area contributed by atoms with E-state index in [-0.39, 0.29) is 6.61 Å². The van der Waals surface area contributed by atoms with Crippen molar-refractivity contribution in [1.29, 1.82) is 0 Å². The van der Waals surface area contributed by atoms with Crippen molar-refractivity contribution in [3.63, 3.8) is 0 Å². The van der Waals surface area contributed by atoms with Gasteiger partial charge < -0.3 is 14.9 Å². The molecule has 0 aliphatic heterocycles. The van der Waals surface area contributed by atoms with Gasteiger partial charge >= 0.3 is 11.6 Å². The van der Waals surface area contributed by atoms with Gasteiger partial charge in [-0.3, -0.25) is 0 Å². The zero-order valence-corrected chi connectivity index (χ0v) is 13.5. The van der Waals surface area contributed by atoms with Gasteiger partial charge in [-0.1, -0.05) is 12.1 Å². The van der Waals surface area contributed by atoms with Gasteiger partial charge in [-0.25, -0.2) is 9.59 Å². The molecule has 0 atom stereocenters. The van der Waals surface area contributed by atoms with Gasteiger partial charge in [-0.15, -0.1) is 0 Å². The Morgan fingerprint density at radius 1 is 1.12 bits per heavy atom. The highest BCUT2D eigenvalue weighted by Crippen LogP contribution is 2.24. The molecule has 0 spiro atoms. The second-order valence-electron chi connectivity index (χ2n) is 5.67. The molecule has 0 unspecified atom stereocenters. The SMILES string of the molecule is Cc1ccc2c(COC(=O)c3ccc(N)cc3)cc(=O)oc2c1C. The van der Waals surface area contributed by atoms with Gasteiger partial charge in [0.1, 0.15) is 12.2 Å². The molecule has 0 bridgehead atoms. The van der Waals surface area contributed by atoms with Crippen molar-refractivity contribution in [2.24, 2.45) is 0 Å². The number of hydrogen-bond acceptors (Lipinski definition) is 5. The number of aryl methyl sites for hydroxylation is 2. The normalized spacial score (nSPS) is 10.8. The van der Waals surface area contributed by atoms with E-state index in [9.17, 15) is 9.59 Å². The predicted octanol–water partition coefficient (Wildman–Crippen LogP) is 3.35. The summed E-state index contributed by atoms with van der Waals surface area (Å²) < 4.78 is 10.6. The van der Waals surface area contributed by atoms with Gasteiger partial charge in [-0.2, -0.15) is 0 Å². The molecule has 0 fully saturated rings. The van der Waals surface area contributed by atoms with Gasteiger partial charge in [0.25, 0.3) is 0 Å². The number of benzene rings is 2. The average Bonchev–Trinajstić information content (AvgIpc) is 2.56. The van der Waals surface area contributed by atoms with Crippen LogP contribution in [0.5, 0.6) is 0 Å². The van der Waals surface area contributed by atoms with Crippen LogP contribution in [-0.2, 0) is 11.3 Å². The minimum atomic E-state index is -0.472. The number of carbonyl (C=O) groups excluding carboxylic acids is 1. The Morgan fingerprint density at radius 3 is 2.54 bits per heavy atom. The van der Waals surface area contributed by atoms with Crippen molar-refractivity contribution < 1.29 is 13.9 Å². The quantitative estimate of drug-likeness (QED) is 0.454. The number of rotatable bonds is 3. The van der Waals surface area contributed by atoms with Crippen LogP contribution in [0.1, 0.15) is 27.0 Å². The largest absolute Gasteiger partial charge is 0.457 e. The first kappa shape index (κ1) is 15.8. The number of fused-ring (bicyclic) bond motifs is 1. The van der Waals surface area contributed by atoms with E-state index >= 15 is 0 Å². The van der Waals surface area contributed by atoms with Crippen LogP contribution in [0.3, 0.4) is 0 Å². The molecule has 1 aromatic heterocycles. The third-order valence-corrected chi connectivity index (χ3v) is 4.02. The minimum absolute atomic E-state index is 0.00614. The fourth-order valence-corrected chi connectivity index (χ4v) is 2.49. The molecule has 0 saturated heterocycles. The van der Waals surface area contributed by atoms with E-state index in [4.69, 9.17) is 14.9 Å². The lowest BCUT2D eigenvalue weighted by Gasteiger charge is -2.10. The molecule has 0 aliphatic carbocycles. The summed E-state index contributed by atoms with van der Waals surface area (Å²) in [7, 11) is 0. The monoisotopic (exact) mass is 323 g/mol. The van der Waals surface area contributed by atoms with Crippen LogP contribution >= 0.6 is 0 Å². The second kappa shape index (κ2) is 6.20. The zero-order valence-electron chi connectivity index (χ0n) is 13.5. The van der Waals surface area contributed by atoms with Crippen LogP contribution in [0, 0.1) is 13.8 Å². The van der Waals surface area contributed by atoms with Crippen molar-refractivity contribution in [1.82, 2.24) is 0 Å². The number of hydrogen-bond donors (Lipinski definition) is 1. The smallest absolute Gasteiger partial charge is 0.338 e. The van der Waals surface area contributed by atoms with Crippen molar-refractivity contribution in [3.05, 3.63) is 75.1 Å². The lowest BCUT2D eigenvalue weighted by molar-refractivity contribution is 0.0474. The highest BCUT2D eigenvalue weighted by atomic mass is 16.5. The van der Waals surface area contributed by atoms with E-state index in [1.165, 1.54) is 6.07 Å². The van der Waals surface area contributed by atoms with Crippen LogP contribution in [-0.4, -0.2) is 5.97 Å². The fourth-order valence-electron chi connectivity index (χ4n) is 2.49. The minimum Gasteiger partial charge on any atom is -0.457 e. The van der Waals surface area contributed by atoms with Gasteiger partial charge in [0.05, 0.1) is 5.56 Å². The van der Waals surface area contributed by atoms with Crippen LogP contribution in [0.4, 0.5) is 5.69 Å². The van der Waals surface area contributed by atoms with E-state index in [1.54, 1.807) is 24.3 Å². The van der Waals surface area contributed by atoms with E-state index in [0.29, 0.717) is 22.4 Å². The summed E-state index contributed by atoms with van der Waals surface area (Å²) in [6.07, 6.45) is 0. The summed E-state index contributed by atoms with van der Waals surface area (Å²) in [4.78, 5) is 23.9. The van der Waals surface area contributed by atoms with Crippen molar-refractivity contribution in [2.45, 2.75) is 20.5 Å². The summed E-state index contributed by atoms with van der Waals surface area (Å²) in [5, 5.41) is 0.766. The van der Waals surface area contributed by atoms with E-state index in [2.05, 4.69) is 0 Å². The van der Waals surface area contributed by atoms with Crippen LogP contribution in [0.15, 0.2) is 51.7 Å². The molecule has 1 heterocycles. The summed E-state index contributed by atoms with van der Waals surface area (Å²) in [5.74, 6) is -0.472. The lowest BCUT2D eigenvalue weighted by Crippen LogP contribution is -2.08. The number of nitrogen functional groups attached to an aromatic ring is 1. The number of nitrogens with two attached hydrogens (primary N) is 1. The number of carbonyl (C=O) groups is 1. The van der Waals surface area contributed by atoms with Gasteiger partial charge in [0.15, 0.2) is 0 Å².